The van der Waals surface area contributed by atoms with Gasteiger partial charge in [0.25, 0.3) is 0 Å². The Labute approximate surface area is 69.5 Å². The molecule has 0 fully saturated rings. The molecule has 0 saturated carbocycles. The predicted molar refractivity (Wildman–Crippen MR) is 52.0 cm³/mol. The molecule has 0 aliphatic rings. The molecule has 62 valence electrons. The molecule has 0 aromatic rings. The molecule has 0 heterocycles. The maximum absolute atomic E-state index is 4.21. The van der Waals surface area contributed by atoms with E-state index in [1.54, 1.807) is 0 Å². The topological polar surface area (TPSA) is 12.4 Å². The average molecular weight is 151 g/mol. The molecule has 0 radical (unpaired) electrons. The summed E-state index contributed by atoms with van der Waals surface area (Å²) in [5.41, 5.74) is 2.35. The van der Waals surface area contributed by atoms with Gasteiger partial charge in [0.1, 0.15) is 0 Å². The normalized spacial score (nSPS) is 12.2. The van der Waals surface area contributed by atoms with Crippen LogP contribution in [0.25, 0.3) is 0 Å². The first kappa shape index (κ1) is 10.2. The minimum atomic E-state index is 1.05. The zero-order valence-electron chi connectivity index (χ0n) is 7.89. The predicted octanol–water partition coefficient (Wildman–Crippen LogP) is 3.34. The van der Waals surface area contributed by atoms with E-state index in [0.717, 1.165) is 12.1 Å². The van der Waals surface area contributed by atoms with Crippen molar-refractivity contribution in [3.63, 3.8) is 0 Å². The lowest BCUT2D eigenvalue weighted by Crippen LogP contribution is -1.83. The van der Waals surface area contributed by atoms with Gasteiger partial charge in [0, 0.05) is 11.9 Å². The number of nitrogens with zero attached hydrogens (tertiary/aromatic N) is 1. The Hall–Kier alpha value is -0.850. The Morgan fingerprint density at radius 2 is 1.91 bits per heavy atom. The van der Waals surface area contributed by atoms with Gasteiger partial charge in [-0.05, 0) is 33.3 Å². The van der Waals surface area contributed by atoms with Crippen molar-refractivity contribution < 1.29 is 0 Å². The zero-order chi connectivity index (χ0) is 8.69. The van der Waals surface area contributed by atoms with E-state index < -0.39 is 0 Å². The Balaban J connectivity index is 4.01. The molecular formula is C10H17N. The van der Waals surface area contributed by atoms with E-state index in [4.69, 9.17) is 0 Å². The van der Waals surface area contributed by atoms with Crippen LogP contribution >= 0.6 is 0 Å². The first-order valence-electron chi connectivity index (χ1n) is 4.01. The average Bonchev–Trinajstić information content (AvgIpc) is 1.86. The van der Waals surface area contributed by atoms with Crippen molar-refractivity contribution in [3.05, 3.63) is 23.9 Å². The first-order valence-corrected chi connectivity index (χ1v) is 4.01. The van der Waals surface area contributed by atoms with Crippen molar-refractivity contribution in [3.8, 4) is 0 Å². The molecule has 1 heteroatoms. The number of aliphatic imine (C=N–C) groups is 1. The summed E-state index contributed by atoms with van der Waals surface area (Å²) in [6.07, 6.45) is 7.02. The van der Waals surface area contributed by atoms with Gasteiger partial charge < -0.3 is 0 Å². The minimum Gasteiger partial charge on any atom is -0.262 e. The smallest absolute Gasteiger partial charge is 0.0371 e. The van der Waals surface area contributed by atoms with Crippen molar-refractivity contribution in [1.29, 1.82) is 0 Å². The van der Waals surface area contributed by atoms with Gasteiger partial charge in [0.2, 0.25) is 0 Å². The fourth-order valence-corrected chi connectivity index (χ4v) is 0.731. The maximum atomic E-state index is 4.21. The van der Waals surface area contributed by atoms with Crippen molar-refractivity contribution >= 4 is 5.71 Å². The van der Waals surface area contributed by atoms with Crippen LogP contribution in [-0.4, -0.2) is 5.71 Å². The van der Waals surface area contributed by atoms with E-state index in [2.05, 4.69) is 31.8 Å². The quantitative estimate of drug-likeness (QED) is 0.548. The molecule has 0 aliphatic heterocycles. The maximum Gasteiger partial charge on any atom is 0.0371 e. The number of rotatable bonds is 3. The number of hydrogen-bond donors (Lipinski definition) is 0. The summed E-state index contributed by atoms with van der Waals surface area (Å²) < 4.78 is 0. The van der Waals surface area contributed by atoms with Crippen LogP contribution in [0.1, 0.15) is 34.1 Å². The molecule has 0 aromatic carbocycles. The lowest BCUT2D eigenvalue weighted by molar-refractivity contribution is 1.21. The molecule has 0 aliphatic carbocycles. The highest BCUT2D eigenvalue weighted by Gasteiger charge is 1.80. The SMILES string of the molecule is CC/C=C/N=C(/C)C=C(C)C. The van der Waals surface area contributed by atoms with E-state index in [1.165, 1.54) is 5.57 Å². The molecule has 0 unspecified atom stereocenters. The largest absolute Gasteiger partial charge is 0.262 e. The van der Waals surface area contributed by atoms with Crippen LogP contribution in [0, 0.1) is 0 Å². The van der Waals surface area contributed by atoms with Crippen molar-refractivity contribution in [2.24, 2.45) is 4.99 Å². The molecule has 0 saturated heterocycles. The first-order chi connectivity index (χ1) is 5.16. The molecule has 0 rings (SSSR count). The Kier molecular flexibility index (Phi) is 5.44. The lowest BCUT2D eigenvalue weighted by atomic mass is 10.2. The van der Waals surface area contributed by atoms with E-state index >= 15 is 0 Å². The van der Waals surface area contributed by atoms with Crippen LogP contribution < -0.4 is 0 Å². The Morgan fingerprint density at radius 3 is 2.36 bits per heavy atom. The van der Waals surface area contributed by atoms with Crippen molar-refractivity contribution in [2.45, 2.75) is 34.1 Å². The highest BCUT2D eigenvalue weighted by atomic mass is 14.7. The second kappa shape index (κ2) is 5.90. The van der Waals surface area contributed by atoms with Gasteiger partial charge in [-0.2, -0.15) is 0 Å². The van der Waals surface area contributed by atoms with E-state index in [-0.39, 0.29) is 0 Å². The third-order valence-corrected chi connectivity index (χ3v) is 1.12. The summed E-state index contributed by atoms with van der Waals surface area (Å²) in [7, 11) is 0. The molecule has 1 nitrogen and oxygen atoms in total. The highest BCUT2D eigenvalue weighted by Crippen LogP contribution is 1.91. The zero-order valence-corrected chi connectivity index (χ0v) is 7.89. The third-order valence-electron chi connectivity index (χ3n) is 1.12. The van der Waals surface area contributed by atoms with Gasteiger partial charge >= 0.3 is 0 Å². The van der Waals surface area contributed by atoms with Crippen molar-refractivity contribution in [1.82, 2.24) is 0 Å². The van der Waals surface area contributed by atoms with Gasteiger partial charge in [0.05, 0.1) is 0 Å². The fourth-order valence-electron chi connectivity index (χ4n) is 0.731. The molecule has 11 heavy (non-hydrogen) atoms. The summed E-state index contributed by atoms with van der Waals surface area (Å²) in [5, 5.41) is 0. The van der Waals surface area contributed by atoms with Crippen LogP contribution in [0.2, 0.25) is 0 Å². The van der Waals surface area contributed by atoms with E-state index in [9.17, 15) is 0 Å². The highest BCUT2D eigenvalue weighted by molar-refractivity contribution is 5.93. The summed E-state index contributed by atoms with van der Waals surface area (Å²) >= 11 is 0. The minimum absolute atomic E-state index is 1.05. The van der Waals surface area contributed by atoms with Crippen LogP contribution in [0.5, 0.6) is 0 Å². The molecule has 0 spiro atoms. The van der Waals surface area contributed by atoms with Gasteiger partial charge in [0.15, 0.2) is 0 Å². The van der Waals surface area contributed by atoms with Gasteiger partial charge in [-0.1, -0.05) is 18.6 Å². The van der Waals surface area contributed by atoms with Crippen LogP contribution in [0.3, 0.4) is 0 Å². The van der Waals surface area contributed by atoms with E-state index in [0.29, 0.717) is 0 Å². The molecule has 0 bridgehead atoms. The molecule has 0 aromatic heterocycles. The molecule has 0 N–H and O–H groups in total. The second-order valence-electron chi connectivity index (χ2n) is 2.79. The summed E-state index contributed by atoms with van der Waals surface area (Å²) in [5.74, 6) is 0. The summed E-state index contributed by atoms with van der Waals surface area (Å²) in [6, 6.07) is 0. The standard InChI is InChI=1S/C10H17N/c1-5-6-7-11-10(4)8-9(2)3/h6-8H,5H2,1-4H3/b7-6+,11-10-. The fraction of sp³-hybridized carbons (Fsp3) is 0.500. The molecule has 0 amide bonds. The lowest BCUT2D eigenvalue weighted by Gasteiger charge is -1.89. The monoisotopic (exact) mass is 151 g/mol. The van der Waals surface area contributed by atoms with Crippen molar-refractivity contribution in [2.75, 3.05) is 0 Å². The van der Waals surface area contributed by atoms with E-state index in [1.807, 2.05) is 19.2 Å². The third kappa shape index (κ3) is 7.04. The number of hydrogen-bond acceptors (Lipinski definition) is 1. The molecular weight excluding hydrogens is 134 g/mol. The van der Waals surface area contributed by atoms with Gasteiger partial charge in [-0.15, -0.1) is 0 Å². The van der Waals surface area contributed by atoms with Crippen LogP contribution in [0.4, 0.5) is 0 Å². The van der Waals surface area contributed by atoms with Crippen LogP contribution in [-0.2, 0) is 0 Å². The summed E-state index contributed by atoms with van der Waals surface area (Å²) in [4.78, 5) is 4.21. The number of allylic oxidation sites excluding steroid dienone is 3. The Bertz CT molecular complexity index is 181. The Morgan fingerprint density at radius 1 is 1.27 bits per heavy atom. The van der Waals surface area contributed by atoms with Crippen LogP contribution in [0.15, 0.2) is 28.9 Å². The van der Waals surface area contributed by atoms with Gasteiger partial charge in [-0.25, -0.2) is 0 Å². The summed E-state index contributed by atoms with van der Waals surface area (Å²) in [6.45, 7) is 8.25. The second-order valence-corrected chi connectivity index (χ2v) is 2.79. The van der Waals surface area contributed by atoms with Gasteiger partial charge in [-0.3, -0.25) is 4.99 Å². The molecule has 0 atom stereocenters.